The van der Waals surface area contributed by atoms with E-state index in [9.17, 15) is 14.0 Å². The van der Waals surface area contributed by atoms with Crippen molar-refractivity contribution in [3.05, 3.63) is 58.5 Å². The van der Waals surface area contributed by atoms with Crippen LogP contribution in [0.4, 0.5) is 10.1 Å². The van der Waals surface area contributed by atoms with E-state index in [0.29, 0.717) is 31.1 Å². The van der Waals surface area contributed by atoms with E-state index >= 15 is 0 Å². The van der Waals surface area contributed by atoms with Crippen molar-refractivity contribution in [3.8, 4) is 0 Å². The number of halogens is 1. The van der Waals surface area contributed by atoms with E-state index in [2.05, 4.69) is 24.3 Å². The van der Waals surface area contributed by atoms with Crippen molar-refractivity contribution in [1.29, 1.82) is 0 Å². The summed E-state index contributed by atoms with van der Waals surface area (Å²) in [6.07, 6.45) is 1.95. The maximum absolute atomic E-state index is 13.7. The highest BCUT2D eigenvalue weighted by atomic mass is 19.1. The first kappa shape index (κ1) is 26.6. The van der Waals surface area contributed by atoms with Gasteiger partial charge in [-0.2, -0.15) is 0 Å². The topological polar surface area (TPSA) is 81.9 Å². The minimum atomic E-state index is -0.282. The second-order valence-corrected chi connectivity index (χ2v) is 10.3. The molecule has 37 heavy (non-hydrogen) atoms. The van der Waals surface area contributed by atoms with Gasteiger partial charge in [-0.3, -0.25) is 14.6 Å². The van der Waals surface area contributed by atoms with Gasteiger partial charge >= 0.3 is 0 Å². The monoisotopic (exact) mass is 509 g/mol. The Morgan fingerprint density at radius 2 is 1.89 bits per heavy atom. The number of rotatable bonds is 10. The Hall–Kier alpha value is -3.46. The lowest BCUT2D eigenvalue weighted by atomic mass is 10.1. The zero-order valence-electron chi connectivity index (χ0n) is 22.3. The van der Waals surface area contributed by atoms with Gasteiger partial charge in [-0.25, -0.2) is 9.40 Å². The highest BCUT2D eigenvalue weighted by Gasteiger charge is 2.27. The average Bonchev–Trinajstić information content (AvgIpc) is 3.43. The van der Waals surface area contributed by atoms with E-state index in [1.807, 2.05) is 31.0 Å². The first-order valence-electron chi connectivity index (χ1n) is 12.8. The summed E-state index contributed by atoms with van der Waals surface area (Å²) >= 11 is 0. The summed E-state index contributed by atoms with van der Waals surface area (Å²) in [7, 11) is 1.72. The van der Waals surface area contributed by atoms with Gasteiger partial charge in [0.25, 0.3) is 5.91 Å². The molecule has 9 heteroatoms. The molecule has 0 spiro atoms. The fourth-order valence-electron chi connectivity index (χ4n) is 4.71. The van der Waals surface area contributed by atoms with Crippen molar-refractivity contribution in [2.75, 3.05) is 31.6 Å². The number of benzene rings is 2. The number of carbonyl (C=O) groups excluding carboxylic acids is 2. The molecule has 2 heterocycles. The van der Waals surface area contributed by atoms with E-state index < -0.39 is 0 Å². The molecule has 1 aromatic heterocycles. The van der Waals surface area contributed by atoms with Crippen LogP contribution in [0.2, 0.25) is 0 Å². The minimum absolute atomic E-state index is 0.00773. The number of fused-ring (bicyclic) bond motifs is 2. The molecule has 0 fully saturated rings. The van der Waals surface area contributed by atoms with Crippen LogP contribution in [0.5, 0.6) is 0 Å². The quantitative estimate of drug-likeness (QED) is 0.410. The van der Waals surface area contributed by atoms with Crippen LogP contribution < -0.4 is 10.2 Å². The Balaban J connectivity index is 1.51. The molecule has 198 valence electrons. The molecule has 1 aliphatic heterocycles. The Labute approximate surface area is 217 Å². The molecule has 0 saturated heterocycles. The Morgan fingerprint density at radius 1 is 1.14 bits per heavy atom. The SMILES string of the molecule is Cc1cc2onc(C)c2cc1N(CC(=O)NCCCC(C)C)CC(=O)N(C)N1Cc2ccc(F)cc2C1. The van der Waals surface area contributed by atoms with Crippen molar-refractivity contribution in [3.63, 3.8) is 0 Å². The lowest BCUT2D eigenvalue weighted by Gasteiger charge is -2.32. The smallest absolute Gasteiger partial charge is 0.256 e. The predicted molar refractivity (Wildman–Crippen MR) is 141 cm³/mol. The van der Waals surface area contributed by atoms with Crippen LogP contribution in [-0.4, -0.2) is 53.7 Å². The number of nitrogens with one attached hydrogen (secondary N) is 1. The number of carbonyl (C=O) groups is 2. The summed E-state index contributed by atoms with van der Waals surface area (Å²) in [4.78, 5) is 28.1. The molecule has 8 nitrogen and oxygen atoms in total. The first-order chi connectivity index (χ1) is 17.6. The third-order valence-electron chi connectivity index (χ3n) is 6.91. The number of hydrogen-bond donors (Lipinski definition) is 1. The van der Waals surface area contributed by atoms with Crippen LogP contribution >= 0.6 is 0 Å². The summed E-state index contributed by atoms with van der Waals surface area (Å²) in [6, 6.07) is 8.54. The van der Waals surface area contributed by atoms with Crippen molar-refractivity contribution >= 4 is 28.5 Å². The van der Waals surface area contributed by atoms with Gasteiger partial charge in [-0.1, -0.05) is 25.1 Å². The third kappa shape index (κ3) is 6.28. The van der Waals surface area contributed by atoms with E-state index in [1.54, 1.807) is 23.0 Å². The lowest BCUT2D eigenvalue weighted by molar-refractivity contribution is -0.145. The lowest BCUT2D eigenvalue weighted by Crippen LogP contribution is -2.48. The van der Waals surface area contributed by atoms with Gasteiger partial charge in [0.1, 0.15) is 5.82 Å². The van der Waals surface area contributed by atoms with Crippen LogP contribution in [0.3, 0.4) is 0 Å². The summed E-state index contributed by atoms with van der Waals surface area (Å²) < 4.78 is 19.1. The Morgan fingerprint density at radius 3 is 2.65 bits per heavy atom. The Bertz CT molecular complexity index is 1290. The highest BCUT2D eigenvalue weighted by molar-refractivity contribution is 5.90. The first-order valence-corrected chi connectivity index (χ1v) is 12.8. The molecular weight excluding hydrogens is 473 g/mol. The summed E-state index contributed by atoms with van der Waals surface area (Å²) in [5.74, 6) is -0.00162. The van der Waals surface area contributed by atoms with Gasteiger partial charge in [0.15, 0.2) is 5.58 Å². The molecule has 2 aromatic carbocycles. The molecule has 0 aliphatic carbocycles. The number of amides is 2. The molecule has 1 N–H and O–H groups in total. The molecule has 1 aliphatic rings. The van der Waals surface area contributed by atoms with Gasteiger partial charge in [0, 0.05) is 37.8 Å². The number of anilines is 1. The van der Waals surface area contributed by atoms with Gasteiger partial charge in [0.05, 0.1) is 18.8 Å². The van der Waals surface area contributed by atoms with Crippen LogP contribution in [0, 0.1) is 25.6 Å². The number of hydrogen-bond acceptors (Lipinski definition) is 6. The molecule has 4 rings (SSSR count). The molecule has 0 unspecified atom stereocenters. The van der Waals surface area contributed by atoms with Gasteiger partial charge < -0.3 is 14.7 Å². The van der Waals surface area contributed by atoms with E-state index in [-0.39, 0.29) is 30.7 Å². The maximum Gasteiger partial charge on any atom is 0.256 e. The minimum Gasteiger partial charge on any atom is -0.356 e. The van der Waals surface area contributed by atoms with Crippen molar-refractivity contribution in [1.82, 2.24) is 20.5 Å². The highest BCUT2D eigenvalue weighted by Crippen LogP contribution is 2.29. The Kier molecular flexibility index (Phi) is 8.12. The van der Waals surface area contributed by atoms with Gasteiger partial charge in [-0.05, 0) is 73.6 Å². The third-order valence-corrected chi connectivity index (χ3v) is 6.91. The van der Waals surface area contributed by atoms with Crippen molar-refractivity contribution in [2.45, 2.75) is 53.6 Å². The standard InChI is InChI=1S/C28H36FN5O3/c1-18(2)7-6-10-30-27(35)16-33(25-13-24-20(4)31-37-26(24)11-19(25)3)17-28(36)32(5)34-14-21-8-9-23(29)12-22(21)15-34/h8-9,11-13,18H,6-7,10,14-17H2,1-5H3,(H,30,35). The van der Waals surface area contributed by atoms with E-state index in [0.717, 1.165) is 46.3 Å². The number of likely N-dealkylation sites (N-methyl/N-ethyl adjacent to an activating group) is 1. The molecule has 0 radical (unpaired) electrons. The van der Waals surface area contributed by atoms with Crippen LogP contribution in [-0.2, 0) is 22.7 Å². The molecule has 0 bridgehead atoms. The average molecular weight is 510 g/mol. The largest absolute Gasteiger partial charge is 0.356 e. The number of aryl methyl sites for hydroxylation is 2. The zero-order chi connectivity index (χ0) is 26.7. The molecule has 0 saturated carbocycles. The van der Waals surface area contributed by atoms with E-state index in [4.69, 9.17) is 4.52 Å². The number of aromatic nitrogens is 1. The molecular formula is C28H36FN5O3. The fraction of sp³-hybridized carbons (Fsp3) is 0.464. The number of nitrogens with zero attached hydrogens (tertiary/aromatic N) is 4. The van der Waals surface area contributed by atoms with Gasteiger partial charge in [0.2, 0.25) is 5.91 Å². The predicted octanol–water partition coefficient (Wildman–Crippen LogP) is 4.33. The van der Waals surface area contributed by atoms with Crippen molar-refractivity contribution < 1.29 is 18.5 Å². The van der Waals surface area contributed by atoms with Crippen molar-refractivity contribution in [2.24, 2.45) is 5.92 Å². The maximum atomic E-state index is 13.7. The summed E-state index contributed by atoms with van der Waals surface area (Å²) in [5.41, 5.74) is 4.96. The summed E-state index contributed by atoms with van der Waals surface area (Å²) in [6.45, 7) is 9.75. The molecule has 3 aromatic rings. The second-order valence-electron chi connectivity index (χ2n) is 10.3. The number of hydrazine groups is 1. The summed E-state index contributed by atoms with van der Waals surface area (Å²) in [5, 5.41) is 11.3. The van der Waals surface area contributed by atoms with Crippen LogP contribution in [0.25, 0.3) is 11.0 Å². The van der Waals surface area contributed by atoms with Crippen LogP contribution in [0.15, 0.2) is 34.9 Å². The second kappa shape index (κ2) is 11.3. The fourth-order valence-corrected chi connectivity index (χ4v) is 4.71. The van der Waals surface area contributed by atoms with Gasteiger partial charge in [-0.15, -0.1) is 0 Å². The van der Waals surface area contributed by atoms with E-state index in [1.165, 1.54) is 12.1 Å². The zero-order valence-corrected chi connectivity index (χ0v) is 22.3. The molecule has 0 atom stereocenters. The van der Waals surface area contributed by atoms with Crippen LogP contribution in [0.1, 0.15) is 49.1 Å². The molecule has 2 amide bonds. The normalized spacial score (nSPS) is 13.3.